The van der Waals surface area contributed by atoms with Gasteiger partial charge in [-0.3, -0.25) is 10.4 Å². The van der Waals surface area contributed by atoms with E-state index >= 15 is 0 Å². The van der Waals surface area contributed by atoms with E-state index < -0.39 is 0 Å². The number of nitrogens with one attached hydrogen (secondary N) is 3. The number of aromatic nitrogens is 3. The van der Waals surface area contributed by atoms with Gasteiger partial charge in [0, 0.05) is 25.1 Å². The summed E-state index contributed by atoms with van der Waals surface area (Å²) in [6, 6.07) is 11.5. The van der Waals surface area contributed by atoms with Gasteiger partial charge >= 0.3 is 6.03 Å². The minimum absolute atomic E-state index is 0.0179. The van der Waals surface area contributed by atoms with Gasteiger partial charge in [-0.25, -0.2) is 9.78 Å². The van der Waals surface area contributed by atoms with E-state index in [0.717, 1.165) is 13.1 Å². The van der Waals surface area contributed by atoms with E-state index in [2.05, 4.69) is 42.8 Å². The van der Waals surface area contributed by atoms with Gasteiger partial charge in [0.2, 0.25) is 5.88 Å². The third-order valence-corrected chi connectivity index (χ3v) is 5.22. The van der Waals surface area contributed by atoms with E-state index in [4.69, 9.17) is 4.74 Å². The molecule has 0 spiro atoms. The summed E-state index contributed by atoms with van der Waals surface area (Å²) in [6.07, 6.45) is 0. The first-order valence-corrected chi connectivity index (χ1v) is 9.43. The average Bonchev–Trinajstić information content (AvgIpc) is 3.30. The highest BCUT2D eigenvalue weighted by atomic mass is 16.5. The number of ether oxygens (including phenoxy) is 1. The van der Waals surface area contributed by atoms with Crippen molar-refractivity contribution in [3.63, 3.8) is 0 Å². The van der Waals surface area contributed by atoms with Crippen molar-refractivity contribution in [1.29, 1.82) is 0 Å². The Morgan fingerprint density at radius 1 is 1.34 bits per heavy atom. The molecule has 2 amide bonds. The van der Waals surface area contributed by atoms with Gasteiger partial charge in [0.25, 0.3) is 0 Å². The zero-order valence-electron chi connectivity index (χ0n) is 16.3. The number of rotatable bonds is 5. The van der Waals surface area contributed by atoms with Gasteiger partial charge in [-0.05, 0) is 12.6 Å². The van der Waals surface area contributed by atoms with Crippen molar-refractivity contribution in [2.45, 2.75) is 18.6 Å². The lowest BCUT2D eigenvalue weighted by Crippen LogP contribution is -2.42. The maximum absolute atomic E-state index is 12.7. The Balaban J connectivity index is 1.51. The van der Waals surface area contributed by atoms with Crippen LogP contribution in [0.2, 0.25) is 0 Å². The molecule has 1 aliphatic rings. The lowest BCUT2D eigenvalue weighted by Gasteiger charge is -2.20. The molecule has 9 heteroatoms. The van der Waals surface area contributed by atoms with Crippen molar-refractivity contribution in [3.05, 3.63) is 47.7 Å². The number of likely N-dealkylation sites (N-methyl/N-ethyl adjacent to an activating group) is 1. The average molecular weight is 396 g/mol. The summed E-state index contributed by atoms with van der Waals surface area (Å²) in [5.41, 5.74) is 2.21. The first kappa shape index (κ1) is 19.2. The molecule has 1 aliphatic heterocycles. The number of H-pyrrole nitrogens is 1. The zero-order valence-corrected chi connectivity index (χ0v) is 16.3. The molecule has 0 bridgehead atoms. The van der Waals surface area contributed by atoms with E-state index in [0.29, 0.717) is 28.3 Å². The summed E-state index contributed by atoms with van der Waals surface area (Å²) < 4.78 is 5.19. The first-order valence-electron chi connectivity index (χ1n) is 9.43. The standard InChI is InChI=1S/C20H24N6O3/c1-26-9-13(12-6-4-3-5-7-12)15(10-26)22-20(28)23-17-8-14-18(16(11-27)21-17)19(29-2)25-24-14/h3-8,13,15,27H,9-11H2,1-2H3,(H,24,25)(H2,21,22,23,28)/t13?,15-/m1/s1. The molecule has 0 aliphatic carbocycles. The highest BCUT2D eigenvalue weighted by Gasteiger charge is 2.33. The van der Waals surface area contributed by atoms with Crippen LogP contribution in [0.1, 0.15) is 17.2 Å². The van der Waals surface area contributed by atoms with Crippen molar-refractivity contribution in [2.24, 2.45) is 0 Å². The van der Waals surface area contributed by atoms with E-state index in [-0.39, 0.29) is 24.6 Å². The number of fused-ring (bicyclic) bond motifs is 1. The van der Waals surface area contributed by atoms with E-state index in [1.165, 1.54) is 12.7 Å². The Bertz CT molecular complexity index is 1010. The van der Waals surface area contributed by atoms with Crippen LogP contribution in [-0.2, 0) is 6.61 Å². The second-order valence-electron chi connectivity index (χ2n) is 7.21. The third-order valence-electron chi connectivity index (χ3n) is 5.22. The molecule has 2 atom stereocenters. The molecule has 152 valence electrons. The van der Waals surface area contributed by atoms with Crippen molar-refractivity contribution < 1.29 is 14.6 Å². The molecule has 1 unspecified atom stereocenters. The SMILES string of the molecule is COc1n[nH]c2cc(NC(=O)N[C@@H]3CN(C)CC3c3ccccc3)nc(CO)c12. The van der Waals surface area contributed by atoms with Crippen LogP contribution in [-0.4, -0.2) is 64.5 Å². The molecule has 2 aromatic heterocycles. The zero-order chi connectivity index (χ0) is 20.4. The predicted molar refractivity (Wildman–Crippen MR) is 109 cm³/mol. The number of carbonyl (C=O) groups is 1. The number of pyridine rings is 1. The monoisotopic (exact) mass is 396 g/mol. The summed E-state index contributed by atoms with van der Waals surface area (Å²) in [7, 11) is 3.54. The number of hydrogen-bond acceptors (Lipinski definition) is 6. The molecule has 1 fully saturated rings. The summed E-state index contributed by atoms with van der Waals surface area (Å²) in [5, 5.41) is 23.0. The number of amides is 2. The van der Waals surface area contributed by atoms with E-state index in [9.17, 15) is 9.90 Å². The number of aliphatic hydroxyl groups excluding tert-OH is 1. The van der Waals surface area contributed by atoms with Crippen LogP contribution in [0.25, 0.3) is 10.9 Å². The number of aliphatic hydroxyl groups is 1. The Hall–Kier alpha value is -3.17. The number of likely N-dealkylation sites (tertiary alicyclic amines) is 1. The van der Waals surface area contributed by atoms with Crippen LogP contribution in [0.3, 0.4) is 0 Å². The number of benzene rings is 1. The Labute approximate surface area is 168 Å². The number of aromatic amines is 1. The first-order chi connectivity index (χ1) is 14.1. The minimum Gasteiger partial charge on any atom is -0.479 e. The highest BCUT2D eigenvalue weighted by molar-refractivity contribution is 5.93. The number of methoxy groups -OCH3 is 1. The second-order valence-corrected chi connectivity index (χ2v) is 7.21. The summed E-state index contributed by atoms with van der Waals surface area (Å²) in [4.78, 5) is 19.2. The Morgan fingerprint density at radius 2 is 2.14 bits per heavy atom. The number of nitrogens with zero attached hydrogens (tertiary/aromatic N) is 3. The Kier molecular flexibility index (Phi) is 5.32. The van der Waals surface area contributed by atoms with E-state index in [1.54, 1.807) is 6.07 Å². The largest absolute Gasteiger partial charge is 0.479 e. The predicted octanol–water partition coefficient (Wildman–Crippen LogP) is 1.68. The van der Waals surface area contributed by atoms with Gasteiger partial charge in [-0.1, -0.05) is 30.3 Å². The molecule has 9 nitrogen and oxygen atoms in total. The maximum atomic E-state index is 12.7. The highest BCUT2D eigenvalue weighted by Crippen LogP contribution is 2.28. The Morgan fingerprint density at radius 3 is 2.86 bits per heavy atom. The van der Waals surface area contributed by atoms with Crippen molar-refractivity contribution in [1.82, 2.24) is 25.4 Å². The van der Waals surface area contributed by atoms with Gasteiger partial charge in [-0.2, -0.15) is 0 Å². The van der Waals surface area contributed by atoms with Crippen LogP contribution >= 0.6 is 0 Å². The minimum atomic E-state index is -0.339. The molecule has 0 saturated carbocycles. The van der Waals surface area contributed by atoms with Gasteiger partial charge in [-0.15, -0.1) is 5.10 Å². The van der Waals surface area contributed by atoms with Crippen molar-refractivity contribution >= 4 is 22.8 Å². The summed E-state index contributed by atoms with van der Waals surface area (Å²) in [5.74, 6) is 0.896. The number of carbonyl (C=O) groups excluding carboxylic acids is 1. The molecule has 1 aromatic carbocycles. The van der Waals surface area contributed by atoms with Gasteiger partial charge in [0.15, 0.2) is 0 Å². The lowest BCUT2D eigenvalue weighted by molar-refractivity contribution is 0.247. The molecule has 3 heterocycles. The summed E-state index contributed by atoms with van der Waals surface area (Å²) >= 11 is 0. The normalized spacial score (nSPS) is 19.4. The molecular weight excluding hydrogens is 372 g/mol. The second kappa shape index (κ2) is 8.06. The third kappa shape index (κ3) is 3.87. The topological polar surface area (TPSA) is 115 Å². The van der Waals surface area contributed by atoms with Crippen molar-refractivity contribution in [2.75, 3.05) is 32.6 Å². The fraction of sp³-hybridized carbons (Fsp3) is 0.350. The molecule has 1 saturated heterocycles. The maximum Gasteiger partial charge on any atom is 0.320 e. The molecule has 3 aromatic rings. The lowest BCUT2D eigenvalue weighted by atomic mass is 9.94. The molecule has 4 rings (SSSR count). The number of hydrogen-bond donors (Lipinski definition) is 4. The number of anilines is 1. The van der Waals surface area contributed by atoms with Gasteiger partial charge in [0.1, 0.15) is 5.82 Å². The van der Waals surface area contributed by atoms with Crippen LogP contribution < -0.4 is 15.4 Å². The molecule has 0 radical (unpaired) electrons. The smallest absolute Gasteiger partial charge is 0.320 e. The fourth-order valence-electron chi connectivity index (χ4n) is 3.92. The van der Waals surface area contributed by atoms with E-state index in [1.807, 2.05) is 25.2 Å². The summed E-state index contributed by atoms with van der Waals surface area (Å²) in [6.45, 7) is 1.34. The van der Waals surface area contributed by atoms with Crippen LogP contribution in [0.15, 0.2) is 36.4 Å². The fourth-order valence-corrected chi connectivity index (χ4v) is 3.92. The molecule has 4 N–H and O–H groups in total. The molecular formula is C20H24N6O3. The van der Waals surface area contributed by atoms with Gasteiger partial charge in [0.05, 0.1) is 36.4 Å². The quantitative estimate of drug-likeness (QED) is 0.522. The van der Waals surface area contributed by atoms with Crippen LogP contribution in [0, 0.1) is 0 Å². The number of urea groups is 1. The van der Waals surface area contributed by atoms with Crippen molar-refractivity contribution in [3.8, 4) is 5.88 Å². The molecule has 29 heavy (non-hydrogen) atoms. The van der Waals surface area contributed by atoms with Gasteiger partial charge < -0.3 is 20.1 Å². The van der Waals surface area contributed by atoms with Crippen LogP contribution in [0.4, 0.5) is 10.6 Å². The van der Waals surface area contributed by atoms with Crippen LogP contribution in [0.5, 0.6) is 5.88 Å².